The summed E-state index contributed by atoms with van der Waals surface area (Å²) in [5, 5.41) is 0. The van der Waals surface area contributed by atoms with Gasteiger partial charge in [0.2, 0.25) is 0 Å². The molecule has 1 saturated carbocycles. The quantitative estimate of drug-likeness (QED) is 0.835. The Bertz CT molecular complexity index is 429. The number of hydrogen-bond acceptors (Lipinski definition) is 2. The lowest BCUT2D eigenvalue weighted by Crippen LogP contribution is -2.27. The first-order valence-electron chi connectivity index (χ1n) is 5.62. The number of Topliss-reactive ketones (excluding diaryl/α,β-unsaturated/α-hetero) is 1. The molecule has 0 saturated heterocycles. The van der Waals surface area contributed by atoms with Gasteiger partial charge in [0.05, 0.1) is 4.47 Å². The first-order chi connectivity index (χ1) is 8.13. The average Bonchev–Trinajstić information content (AvgIpc) is 3.10. The fraction of sp³-hybridized carbons (Fsp3) is 0.462. The molecule has 2 rings (SSSR count). The van der Waals surface area contributed by atoms with E-state index in [0.717, 1.165) is 12.8 Å². The molecule has 1 aliphatic carbocycles. The fourth-order valence-electron chi connectivity index (χ4n) is 1.96. The van der Waals surface area contributed by atoms with Crippen LogP contribution in [0.4, 0.5) is 4.39 Å². The van der Waals surface area contributed by atoms with Gasteiger partial charge in [-0.25, -0.2) is 4.39 Å². The maximum atomic E-state index is 13.3. The highest BCUT2D eigenvalue weighted by atomic mass is 79.9. The molecule has 92 valence electrons. The van der Waals surface area contributed by atoms with Crippen LogP contribution in [-0.2, 0) is 16.0 Å². The summed E-state index contributed by atoms with van der Waals surface area (Å²) in [5.41, 5.74) is 0.678. The van der Waals surface area contributed by atoms with Gasteiger partial charge in [0, 0.05) is 13.5 Å². The van der Waals surface area contributed by atoms with Crippen molar-refractivity contribution in [2.75, 3.05) is 7.11 Å². The van der Waals surface area contributed by atoms with Gasteiger partial charge >= 0.3 is 0 Å². The zero-order valence-electron chi connectivity index (χ0n) is 9.58. The first-order valence-corrected chi connectivity index (χ1v) is 6.41. The van der Waals surface area contributed by atoms with Gasteiger partial charge in [-0.2, -0.15) is 0 Å². The molecule has 0 heterocycles. The molecule has 1 aliphatic rings. The average molecular weight is 301 g/mol. The number of ether oxygens (including phenoxy) is 1. The summed E-state index contributed by atoms with van der Waals surface area (Å²) in [7, 11) is 1.56. The lowest BCUT2D eigenvalue weighted by atomic mass is 10.0. The number of ketones is 1. The van der Waals surface area contributed by atoms with E-state index in [1.807, 2.05) is 0 Å². The maximum absolute atomic E-state index is 13.3. The van der Waals surface area contributed by atoms with E-state index in [0.29, 0.717) is 16.0 Å². The van der Waals surface area contributed by atoms with Crippen molar-refractivity contribution in [3.05, 3.63) is 34.1 Å². The minimum Gasteiger partial charge on any atom is -0.373 e. The zero-order valence-corrected chi connectivity index (χ0v) is 11.2. The van der Waals surface area contributed by atoms with Crippen molar-refractivity contribution in [2.24, 2.45) is 5.92 Å². The third-order valence-corrected chi connectivity index (χ3v) is 3.91. The second-order valence-corrected chi connectivity index (χ2v) is 5.14. The van der Waals surface area contributed by atoms with Crippen LogP contribution in [0.2, 0.25) is 0 Å². The van der Waals surface area contributed by atoms with Gasteiger partial charge in [-0.1, -0.05) is 12.1 Å². The molecule has 0 aromatic heterocycles. The zero-order chi connectivity index (χ0) is 12.4. The highest BCUT2D eigenvalue weighted by Gasteiger charge is 2.36. The number of hydrogen-bond donors (Lipinski definition) is 0. The SMILES string of the molecule is COC(C(=O)Cc1cccc(F)c1Br)C1CC1. The fourth-order valence-corrected chi connectivity index (χ4v) is 2.36. The standard InChI is InChI=1S/C13H14BrFO2/c1-17-13(8-5-6-8)11(16)7-9-3-2-4-10(15)12(9)14/h2-4,8,13H,5-7H2,1H3. The number of halogens is 2. The molecule has 0 aliphatic heterocycles. The molecule has 1 aromatic rings. The van der Waals surface area contributed by atoms with Crippen LogP contribution in [0, 0.1) is 11.7 Å². The summed E-state index contributed by atoms with van der Waals surface area (Å²) in [6.45, 7) is 0. The molecule has 1 unspecified atom stereocenters. The van der Waals surface area contributed by atoms with Gasteiger partial charge in [-0.15, -0.1) is 0 Å². The Morgan fingerprint density at radius 1 is 1.59 bits per heavy atom. The Morgan fingerprint density at radius 3 is 2.88 bits per heavy atom. The van der Waals surface area contributed by atoms with Crippen LogP contribution in [0.5, 0.6) is 0 Å². The van der Waals surface area contributed by atoms with Crippen molar-refractivity contribution in [1.82, 2.24) is 0 Å². The maximum Gasteiger partial charge on any atom is 0.166 e. The molecule has 0 radical (unpaired) electrons. The number of carbonyl (C=O) groups excluding carboxylic acids is 1. The predicted molar refractivity (Wildman–Crippen MR) is 66.3 cm³/mol. The largest absolute Gasteiger partial charge is 0.373 e. The molecule has 1 aromatic carbocycles. The van der Waals surface area contributed by atoms with Gasteiger partial charge in [-0.05, 0) is 46.3 Å². The Kier molecular flexibility index (Phi) is 3.94. The predicted octanol–water partition coefficient (Wildman–Crippen LogP) is 3.12. The third-order valence-electron chi connectivity index (χ3n) is 3.02. The summed E-state index contributed by atoms with van der Waals surface area (Å²) < 4.78 is 18.9. The van der Waals surface area contributed by atoms with Gasteiger partial charge in [0.1, 0.15) is 11.9 Å². The van der Waals surface area contributed by atoms with Crippen molar-refractivity contribution in [1.29, 1.82) is 0 Å². The minimum atomic E-state index is -0.337. The van der Waals surface area contributed by atoms with Gasteiger partial charge in [0.25, 0.3) is 0 Å². The molecule has 0 amide bonds. The topological polar surface area (TPSA) is 26.3 Å². The van der Waals surface area contributed by atoms with Crippen LogP contribution in [-0.4, -0.2) is 19.0 Å². The van der Waals surface area contributed by atoms with E-state index in [-0.39, 0.29) is 24.1 Å². The van der Waals surface area contributed by atoms with Crippen LogP contribution in [0.15, 0.2) is 22.7 Å². The summed E-state index contributed by atoms with van der Waals surface area (Å²) in [6, 6.07) is 4.74. The molecule has 17 heavy (non-hydrogen) atoms. The van der Waals surface area contributed by atoms with Gasteiger partial charge in [0.15, 0.2) is 5.78 Å². The highest BCUT2D eigenvalue weighted by Crippen LogP contribution is 2.35. The number of carbonyl (C=O) groups is 1. The minimum absolute atomic E-state index is 0.0290. The molecule has 0 bridgehead atoms. The second-order valence-electron chi connectivity index (χ2n) is 4.35. The van der Waals surface area contributed by atoms with E-state index in [1.165, 1.54) is 6.07 Å². The van der Waals surface area contributed by atoms with Crippen molar-refractivity contribution in [2.45, 2.75) is 25.4 Å². The Hall–Kier alpha value is -0.740. The summed E-state index contributed by atoms with van der Waals surface area (Å²) in [4.78, 5) is 12.0. The number of benzene rings is 1. The Morgan fingerprint density at radius 2 is 2.29 bits per heavy atom. The monoisotopic (exact) mass is 300 g/mol. The second kappa shape index (κ2) is 5.27. The summed E-state index contributed by atoms with van der Waals surface area (Å²) >= 11 is 3.16. The summed E-state index contributed by atoms with van der Waals surface area (Å²) in [6.07, 6.45) is 1.99. The number of methoxy groups -OCH3 is 1. The van der Waals surface area contributed by atoms with Crippen LogP contribution in [0.1, 0.15) is 18.4 Å². The van der Waals surface area contributed by atoms with Crippen molar-refractivity contribution in [3.63, 3.8) is 0 Å². The van der Waals surface area contributed by atoms with Crippen LogP contribution in [0.3, 0.4) is 0 Å². The molecule has 4 heteroatoms. The van der Waals surface area contributed by atoms with Crippen LogP contribution >= 0.6 is 15.9 Å². The van der Waals surface area contributed by atoms with Crippen molar-refractivity contribution in [3.8, 4) is 0 Å². The van der Waals surface area contributed by atoms with Gasteiger partial charge in [-0.3, -0.25) is 4.79 Å². The molecular weight excluding hydrogens is 287 g/mol. The van der Waals surface area contributed by atoms with E-state index in [9.17, 15) is 9.18 Å². The smallest absolute Gasteiger partial charge is 0.166 e. The summed E-state index contributed by atoms with van der Waals surface area (Å²) in [5.74, 6) is 0.0526. The van der Waals surface area contributed by atoms with E-state index >= 15 is 0 Å². The van der Waals surface area contributed by atoms with Gasteiger partial charge < -0.3 is 4.74 Å². The normalized spacial score (nSPS) is 16.9. The van der Waals surface area contributed by atoms with E-state index in [4.69, 9.17) is 4.74 Å². The third kappa shape index (κ3) is 2.93. The molecular formula is C13H14BrFO2. The Balaban J connectivity index is 2.09. The highest BCUT2D eigenvalue weighted by molar-refractivity contribution is 9.10. The lowest BCUT2D eigenvalue weighted by Gasteiger charge is -2.13. The van der Waals surface area contributed by atoms with E-state index in [2.05, 4.69) is 15.9 Å². The number of rotatable bonds is 5. The Labute approximate surface area is 108 Å². The first kappa shape index (κ1) is 12.7. The molecule has 0 N–H and O–H groups in total. The molecule has 1 atom stereocenters. The molecule has 0 spiro atoms. The van der Waals surface area contributed by atoms with Crippen molar-refractivity contribution >= 4 is 21.7 Å². The molecule has 1 fully saturated rings. The van der Waals surface area contributed by atoms with E-state index < -0.39 is 0 Å². The van der Waals surface area contributed by atoms with Crippen molar-refractivity contribution < 1.29 is 13.9 Å². The molecule has 2 nitrogen and oxygen atoms in total. The van der Waals surface area contributed by atoms with Crippen LogP contribution in [0.25, 0.3) is 0 Å². The van der Waals surface area contributed by atoms with E-state index in [1.54, 1.807) is 19.2 Å². The lowest BCUT2D eigenvalue weighted by molar-refractivity contribution is -0.129. The van der Waals surface area contributed by atoms with Crippen LogP contribution < -0.4 is 0 Å².